The monoisotopic (exact) mass is 224 g/mol. The molecule has 1 aromatic carbocycles. The van der Waals surface area contributed by atoms with E-state index in [0.29, 0.717) is 17.9 Å². The van der Waals surface area contributed by atoms with Crippen LogP contribution in [0.25, 0.3) is 11.0 Å². The number of fused-ring (bicyclic) bond motifs is 1. The lowest BCUT2D eigenvalue weighted by atomic mass is 10.1. The second-order valence-electron chi connectivity index (χ2n) is 3.21. The van der Waals surface area contributed by atoms with Crippen LogP contribution >= 0.6 is 11.6 Å². The van der Waals surface area contributed by atoms with E-state index in [9.17, 15) is 9.90 Å². The fraction of sp³-hybridized carbons (Fsp3) is 0.182. The first-order chi connectivity index (χ1) is 7.20. The maximum Gasteiger partial charge on any atom is 0.336 e. The zero-order valence-corrected chi connectivity index (χ0v) is 8.62. The van der Waals surface area contributed by atoms with E-state index in [0.717, 1.165) is 10.9 Å². The Morgan fingerprint density at radius 2 is 2.13 bits per heavy atom. The smallest absolute Gasteiger partial charge is 0.336 e. The predicted molar refractivity (Wildman–Crippen MR) is 58.6 cm³/mol. The maximum absolute atomic E-state index is 11.2. The lowest BCUT2D eigenvalue weighted by molar-refractivity contribution is 0.473. The van der Waals surface area contributed by atoms with Crippen molar-refractivity contribution in [1.82, 2.24) is 0 Å². The highest BCUT2D eigenvalue weighted by atomic mass is 35.5. The van der Waals surface area contributed by atoms with Gasteiger partial charge in [0.15, 0.2) is 0 Å². The van der Waals surface area contributed by atoms with Crippen LogP contribution < -0.4 is 5.63 Å². The van der Waals surface area contributed by atoms with Gasteiger partial charge in [0, 0.05) is 23.4 Å². The number of alkyl halides is 1. The van der Waals surface area contributed by atoms with Crippen LogP contribution in [0.1, 0.15) is 5.56 Å². The summed E-state index contributed by atoms with van der Waals surface area (Å²) < 4.78 is 4.97. The number of hydrogen-bond acceptors (Lipinski definition) is 3. The molecule has 78 valence electrons. The second kappa shape index (κ2) is 3.95. The Bertz CT molecular complexity index is 545. The summed E-state index contributed by atoms with van der Waals surface area (Å²) in [5.74, 6) is 0.521. The first-order valence-corrected chi connectivity index (χ1v) is 5.06. The van der Waals surface area contributed by atoms with E-state index in [1.807, 2.05) is 0 Å². The number of phenols is 1. The summed E-state index contributed by atoms with van der Waals surface area (Å²) >= 11 is 5.64. The van der Waals surface area contributed by atoms with Crippen LogP contribution in [0.4, 0.5) is 0 Å². The number of hydrogen-bond donors (Lipinski definition) is 1. The third kappa shape index (κ3) is 1.97. The molecule has 0 saturated carbocycles. The van der Waals surface area contributed by atoms with Gasteiger partial charge in [-0.05, 0) is 24.1 Å². The molecular weight excluding hydrogens is 216 g/mol. The molecule has 2 aromatic rings. The van der Waals surface area contributed by atoms with Crippen molar-refractivity contribution in [2.24, 2.45) is 0 Å². The van der Waals surface area contributed by atoms with E-state index in [1.54, 1.807) is 12.1 Å². The maximum atomic E-state index is 11.2. The first-order valence-electron chi connectivity index (χ1n) is 4.52. The van der Waals surface area contributed by atoms with E-state index in [-0.39, 0.29) is 5.75 Å². The molecule has 0 aliphatic heterocycles. The Morgan fingerprint density at radius 3 is 2.87 bits per heavy atom. The highest BCUT2D eigenvalue weighted by molar-refractivity contribution is 6.18. The van der Waals surface area contributed by atoms with Gasteiger partial charge in [-0.15, -0.1) is 11.6 Å². The molecule has 0 bridgehead atoms. The van der Waals surface area contributed by atoms with Crippen LogP contribution in [0.5, 0.6) is 5.75 Å². The van der Waals surface area contributed by atoms with Crippen molar-refractivity contribution >= 4 is 22.6 Å². The number of benzene rings is 1. The predicted octanol–water partition coefficient (Wildman–Crippen LogP) is 2.28. The largest absolute Gasteiger partial charge is 0.508 e. The van der Waals surface area contributed by atoms with Gasteiger partial charge in [-0.1, -0.05) is 0 Å². The number of phenolic OH excluding ortho intramolecular Hbond substituents is 1. The fourth-order valence-electron chi connectivity index (χ4n) is 1.53. The molecule has 15 heavy (non-hydrogen) atoms. The molecule has 0 aliphatic rings. The highest BCUT2D eigenvalue weighted by Crippen LogP contribution is 2.22. The molecule has 0 spiro atoms. The van der Waals surface area contributed by atoms with Crippen LogP contribution in [0, 0.1) is 0 Å². The van der Waals surface area contributed by atoms with Crippen LogP contribution in [-0.4, -0.2) is 11.0 Å². The zero-order valence-electron chi connectivity index (χ0n) is 7.87. The Balaban J connectivity index is 2.74. The Labute approximate surface area is 90.9 Å². The minimum atomic E-state index is -0.423. The lowest BCUT2D eigenvalue weighted by Gasteiger charge is -2.03. The normalized spacial score (nSPS) is 10.7. The topological polar surface area (TPSA) is 50.4 Å². The second-order valence-corrected chi connectivity index (χ2v) is 3.59. The third-order valence-corrected chi connectivity index (χ3v) is 2.37. The molecule has 2 rings (SSSR count). The van der Waals surface area contributed by atoms with Gasteiger partial charge in [0.2, 0.25) is 0 Å². The average Bonchev–Trinajstić information content (AvgIpc) is 2.17. The van der Waals surface area contributed by atoms with Gasteiger partial charge in [-0.3, -0.25) is 0 Å². The van der Waals surface area contributed by atoms with Crippen molar-refractivity contribution in [3.63, 3.8) is 0 Å². The van der Waals surface area contributed by atoms with Crippen molar-refractivity contribution in [3.8, 4) is 5.75 Å². The highest BCUT2D eigenvalue weighted by Gasteiger charge is 2.05. The summed E-state index contributed by atoms with van der Waals surface area (Å²) in [5, 5.41) is 10.1. The SMILES string of the molecule is O=c1cc(CCCl)c2ccc(O)cc2o1. The van der Waals surface area contributed by atoms with Gasteiger partial charge in [-0.25, -0.2) is 4.79 Å². The molecule has 0 saturated heterocycles. The first kappa shape index (κ1) is 10.1. The van der Waals surface area contributed by atoms with E-state index >= 15 is 0 Å². The molecule has 0 radical (unpaired) electrons. The summed E-state index contributed by atoms with van der Waals surface area (Å²) in [6, 6.07) is 6.13. The number of rotatable bonds is 2. The Hall–Kier alpha value is -1.48. The van der Waals surface area contributed by atoms with Crippen molar-refractivity contribution in [1.29, 1.82) is 0 Å². The quantitative estimate of drug-likeness (QED) is 0.629. The van der Waals surface area contributed by atoms with Gasteiger partial charge in [-0.2, -0.15) is 0 Å². The van der Waals surface area contributed by atoms with Crippen molar-refractivity contribution in [2.75, 3.05) is 5.88 Å². The fourth-order valence-corrected chi connectivity index (χ4v) is 1.73. The van der Waals surface area contributed by atoms with Crippen molar-refractivity contribution in [2.45, 2.75) is 6.42 Å². The van der Waals surface area contributed by atoms with Crippen LogP contribution in [0.3, 0.4) is 0 Å². The van der Waals surface area contributed by atoms with Gasteiger partial charge in [0.05, 0.1) is 0 Å². The van der Waals surface area contributed by atoms with Crippen LogP contribution in [0.2, 0.25) is 0 Å². The molecule has 0 atom stereocenters. The molecule has 3 nitrogen and oxygen atoms in total. The molecule has 1 aromatic heterocycles. The van der Waals surface area contributed by atoms with Gasteiger partial charge >= 0.3 is 5.63 Å². The summed E-state index contributed by atoms with van der Waals surface area (Å²) in [5.41, 5.74) is 0.812. The Morgan fingerprint density at radius 1 is 1.33 bits per heavy atom. The summed E-state index contributed by atoms with van der Waals surface area (Å²) in [4.78, 5) is 11.2. The van der Waals surface area contributed by atoms with Crippen molar-refractivity contribution in [3.05, 3.63) is 40.2 Å². The molecule has 1 heterocycles. The third-order valence-electron chi connectivity index (χ3n) is 2.18. The van der Waals surface area contributed by atoms with Gasteiger partial charge in [0.25, 0.3) is 0 Å². The minimum Gasteiger partial charge on any atom is -0.508 e. The number of aryl methyl sites for hydroxylation is 1. The van der Waals surface area contributed by atoms with E-state index in [4.69, 9.17) is 16.0 Å². The van der Waals surface area contributed by atoms with Crippen LogP contribution in [0.15, 0.2) is 33.5 Å². The molecule has 4 heteroatoms. The van der Waals surface area contributed by atoms with Gasteiger partial charge < -0.3 is 9.52 Å². The number of halogens is 1. The average molecular weight is 225 g/mol. The standard InChI is InChI=1S/C11H9ClO3/c12-4-3-7-5-11(14)15-10-6-8(13)1-2-9(7)10/h1-2,5-6,13H,3-4H2. The molecule has 0 unspecified atom stereocenters. The molecule has 0 fully saturated rings. The molecular formula is C11H9ClO3. The van der Waals surface area contributed by atoms with Crippen molar-refractivity contribution < 1.29 is 9.52 Å². The lowest BCUT2D eigenvalue weighted by Crippen LogP contribution is -2.01. The minimum absolute atomic E-state index is 0.0775. The van der Waals surface area contributed by atoms with Crippen LogP contribution in [-0.2, 0) is 6.42 Å². The molecule has 1 N–H and O–H groups in total. The van der Waals surface area contributed by atoms with Gasteiger partial charge in [0.1, 0.15) is 11.3 Å². The molecule has 0 aliphatic carbocycles. The number of aromatic hydroxyl groups is 1. The molecule has 0 amide bonds. The summed E-state index contributed by atoms with van der Waals surface area (Å²) in [6.07, 6.45) is 0.606. The zero-order chi connectivity index (χ0) is 10.8. The Kier molecular flexibility index (Phi) is 2.64. The van der Waals surface area contributed by atoms with E-state index in [1.165, 1.54) is 12.1 Å². The summed E-state index contributed by atoms with van der Waals surface area (Å²) in [7, 11) is 0. The summed E-state index contributed by atoms with van der Waals surface area (Å²) in [6.45, 7) is 0. The van der Waals surface area contributed by atoms with E-state index in [2.05, 4.69) is 0 Å². The van der Waals surface area contributed by atoms with E-state index < -0.39 is 5.63 Å².